The number of ether oxygens (including phenoxy) is 1. The maximum atomic E-state index is 12.3. The van der Waals surface area contributed by atoms with Gasteiger partial charge in [-0.2, -0.15) is 0 Å². The molecule has 4 nitrogen and oxygen atoms in total. The van der Waals surface area contributed by atoms with Crippen molar-refractivity contribution in [2.75, 3.05) is 0 Å². The summed E-state index contributed by atoms with van der Waals surface area (Å²) in [5.74, 6) is -0.391. The Kier molecular flexibility index (Phi) is 4.16. The van der Waals surface area contributed by atoms with E-state index in [0.717, 1.165) is 27.6 Å². The molecule has 0 saturated heterocycles. The van der Waals surface area contributed by atoms with Gasteiger partial charge in [0.25, 0.3) is 5.56 Å². The number of hydrogen-bond donors (Lipinski definition) is 0. The minimum Gasteiger partial charge on any atom is -0.462 e. The number of fused-ring (bicyclic) bond motifs is 1. The second-order valence-corrected chi connectivity index (χ2v) is 5.77. The van der Waals surface area contributed by atoms with Crippen LogP contribution in [0, 0.1) is 20.8 Å². The molecular weight excluding hydrogens is 266 g/mol. The van der Waals surface area contributed by atoms with Crippen molar-refractivity contribution in [2.24, 2.45) is 0 Å². The van der Waals surface area contributed by atoms with Gasteiger partial charge in [-0.15, -0.1) is 0 Å². The number of carbonyl (C=O) groups is 1. The van der Waals surface area contributed by atoms with E-state index < -0.39 is 5.97 Å². The van der Waals surface area contributed by atoms with Gasteiger partial charge in [-0.05, 0) is 51.8 Å². The Balaban J connectivity index is 2.63. The van der Waals surface area contributed by atoms with Crippen molar-refractivity contribution in [1.82, 2.24) is 4.57 Å². The zero-order valence-corrected chi connectivity index (χ0v) is 13.2. The lowest BCUT2D eigenvalue weighted by molar-refractivity contribution is -0.148. The van der Waals surface area contributed by atoms with Crippen LogP contribution in [0.4, 0.5) is 0 Å². The van der Waals surface area contributed by atoms with Gasteiger partial charge in [0, 0.05) is 11.5 Å². The fraction of sp³-hybridized carbons (Fsp3) is 0.412. The van der Waals surface area contributed by atoms with Crippen LogP contribution in [0.25, 0.3) is 10.9 Å². The monoisotopic (exact) mass is 287 g/mol. The second kappa shape index (κ2) is 5.72. The van der Waals surface area contributed by atoms with Crippen LogP contribution < -0.4 is 5.56 Å². The molecule has 0 bridgehead atoms. The smallest absolute Gasteiger partial charge is 0.326 e. The van der Waals surface area contributed by atoms with Crippen molar-refractivity contribution in [2.45, 2.75) is 47.3 Å². The van der Waals surface area contributed by atoms with Crippen LogP contribution in [0.3, 0.4) is 0 Å². The molecule has 0 radical (unpaired) electrons. The number of esters is 1. The summed E-state index contributed by atoms with van der Waals surface area (Å²) in [5.41, 5.74) is 3.69. The molecule has 1 aromatic carbocycles. The van der Waals surface area contributed by atoms with E-state index in [1.54, 1.807) is 19.9 Å². The predicted molar refractivity (Wildman–Crippen MR) is 83.6 cm³/mol. The van der Waals surface area contributed by atoms with Crippen molar-refractivity contribution in [3.8, 4) is 0 Å². The Morgan fingerprint density at radius 3 is 2.43 bits per heavy atom. The van der Waals surface area contributed by atoms with E-state index in [9.17, 15) is 9.59 Å². The second-order valence-electron chi connectivity index (χ2n) is 5.77. The third-order valence-electron chi connectivity index (χ3n) is 3.40. The van der Waals surface area contributed by atoms with E-state index >= 15 is 0 Å². The summed E-state index contributed by atoms with van der Waals surface area (Å²) in [5, 5.41) is 1.00. The minimum absolute atomic E-state index is 0.0578. The Hall–Kier alpha value is -2.10. The lowest BCUT2D eigenvalue weighted by Gasteiger charge is -2.15. The van der Waals surface area contributed by atoms with Crippen molar-refractivity contribution < 1.29 is 9.53 Å². The number of benzene rings is 1. The van der Waals surface area contributed by atoms with Crippen molar-refractivity contribution >= 4 is 16.9 Å². The fourth-order valence-electron chi connectivity index (χ4n) is 2.66. The third kappa shape index (κ3) is 3.15. The molecule has 0 aliphatic heterocycles. The topological polar surface area (TPSA) is 48.3 Å². The number of hydrogen-bond acceptors (Lipinski definition) is 3. The first-order chi connectivity index (χ1) is 9.79. The molecule has 0 saturated carbocycles. The molecule has 0 aliphatic rings. The summed E-state index contributed by atoms with van der Waals surface area (Å²) in [7, 11) is 0. The molecule has 0 amide bonds. The van der Waals surface area contributed by atoms with Gasteiger partial charge in [0.1, 0.15) is 6.54 Å². The average Bonchev–Trinajstić information content (AvgIpc) is 2.33. The molecule has 1 aromatic heterocycles. The molecule has 0 spiro atoms. The largest absolute Gasteiger partial charge is 0.462 e. The van der Waals surface area contributed by atoms with Gasteiger partial charge in [0.15, 0.2) is 0 Å². The Labute approximate surface area is 124 Å². The number of pyridine rings is 1. The van der Waals surface area contributed by atoms with E-state index in [-0.39, 0.29) is 18.2 Å². The van der Waals surface area contributed by atoms with Crippen molar-refractivity contribution in [3.63, 3.8) is 0 Å². The number of carbonyl (C=O) groups excluding carboxylic acids is 1. The van der Waals surface area contributed by atoms with Crippen LogP contribution in [0.15, 0.2) is 23.0 Å². The molecule has 2 rings (SSSR count). The van der Waals surface area contributed by atoms with Gasteiger partial charge in [0.2, 0.25) is 0 Å². The summed E-state index contributed by atoms with van der Waals surface area (Å²) >= 11 is 0. The van der Waals surface area contributed by atoms with Gasteiger partial charge in [0.05, 0.1) is 11.6 Å². The summed E-state index contributed by atoms with van der Waals surface area (Å²) < 4.78 is 6.66. The molecule has 0 unspecified atom stereocenters. The molecule has 0 fully saturated rings. The maximum absolute atomic E-state index is 12.3. The number of nitrogens with zero attached hydrogens (tertiary/aromatic N) is 1. The molecule has 21 heavy (non-hydrogen) atoms. The highest BCUT2D eigenvalue weighted by molar-refractivity contribution is 5.87. The fourth-order valence-corrected chi connectivity index (χ4v) is 2.66. The van der Waals surface area contributed by atoms with Gasteiger partial charge in [-0.1, -0.05) is 11.6 Å². The molecule has 112 valence electrons. The van der Waals surface area contributed by atoms with Gasteiger partial charge in [-0.25, -0.2) is 0 Å². The lowest BCUT2D eigenvalue weighted by atomic mass is 10.0. The maximum Gasteiger partial charge on any atom is 0.326 e. The minimum atomic E-state index is -0.391. The summed E-state index contributed by atoms with van der Waals surface area (Å²) in [6.07, 6.45) is -0.187. The van der Waals surface area contributed by atoms with Crippen LogP contribution in [0.2, 0.25) is 0 Å². The molecule has 1 heterocycles. The Morgan fingerprint density at radius 2 is 1.81 bits per heavy atom. The highest BCUT2D eigenvalue weighted by Crippen LogP contribution is 2.22. The quantitative estimate of drug-likeness (QED) is 0.816. The average molecular weight is 287 g/mol. The van der Waals surface area contributed by atoms with Crippen molar-refractivity contribution in [3.05, 3.63) is 45.2 Å². The molecular formula is C17H21NO3. The molecule has 0 N–H and O–H groups in total. The summed E-state index contributed by atoms with van der Waals surface area (Å²) in [4.78, 5) is 24.2. The zero-order valence-electron chi connectivity index (χ0n) is 13.2. The van der Waals surface area contributed by atoms with E-state index in [4.69, 9.17) is 4.74 Å². The highest BCUT2D eigenvalue weighted by Gasteiger charge is 2.14. The van der Waals surface area contributed by atoms with Crippen LogP contribution in [0.5, 0.6) is 0 Å². The first kappa shape index (κ1) is 15.3. The normalized spacial score (nSPS) is 11.1. The van der Waals surface area contributed by atoms with Gasteiger partial charge in [-0.3, -0.25) is 14.2 Å². The third-order valence-corrected chi connectivity index (χ3v) is 3.40. The van der Waals surface area contributed by atoms with Crippen LogP contribution >= 0.6 is 0 Å². The summed E-state index contributed by atoms with van der Waals surface area (Å²) in [6.45, 7) is 9.43. The van der Waals surface area contributed by atoms with Gasteiger partial charge < -0.3 is 4.74 Å². The molecule has 4 heteroatoms. The van der Waals surface area contributed by atoms with E-state index in [1.807, 2.05) is 32.9 Å². The highest BCUT2D eigenvalue weighted by atomic mass is 16.5. The molecule has 0 aliphatic carbocycles. The molecule has 2 aromatic rings. The SMILES string of the molecule is Cc1cc(C)c2c(c1)c(C)cc(=O)n2CC(=O)OC(C)C. The number of aromatic nitrogens is 1. The first-order valence-electron chi connectivity index (χ1n) is 7.10. The van der Waals surface area contributed by atoms with E-state index in [1.165, 1.54) is 4.57 Å². The Morgan fingerprint density at radius 1 is 1.14 bits per heavy atom. The van der Waals surface area contributed by atoms with E-state index in [2.05, 4.69) is 0 Å². The van der Waals surface area contributed by atoms with Gasteiger partial charge >= 0.3 is 5.97 Å². The summed E-state index contributed by atoms with van der Waals surface area (Å²) in [6, 6.07) is 5.64. The zero-order chi connectivity index (χ0) is 15.7. The number of aryl methyl sites for hydroxylation is 3. The van der Waals surface area contributed by atoms with Crippen molar-refractivity contribution in [1.29, 1.82) is 0 Å². The van der Waals surface area contributed by atoms with Crippen LogP contribution in [0.1, 0.15) is 30.5 Å². The predicted octanol–water partition coefficient (Wildman–Crippen LogP) is 2.88. The van der Waals surface area contributed by atoms with Crippen LogP contribution in [-0.4, -0.2) is 16.6 Å². The van der Waals surface area contributed by atoms with Crippen LogP contribution in [-0.2, 0) is 16.1 Å². The first-order valence-corrected chi connectivity index (χ1v) is 7.10. The molecule has 0 atom stereocenters. The number of rotatable bonds is 3. The Bertz CT molecular complexity index is 757. The lowest BCUT2D eigenvalue weighted by Crippen LogP contribution is -2.27. The standard InChI is InChI=1S/C17H21NO3/c1-10(2)21-16(20)9-18-15(19)8-12(4)14-7-11(3)6-13(5)17(14)18/h6-8,10H,9H2,1-5H3. The van der Waals surface area contributed by atoms with E-state index in [0.29, 0.717) is 0 Å².